The number of nitrogens with one attached hydrogen (secondary N) is 1. The van der Waals surface area contributed by atoms with Crippen LogP contribution in [0.4, 0.5) is 5.69 Å². The molecule has 1 rings (SSSR count). The fourth-order valence-corrected chi connectivity index (χ4v) is 1.79. The van der Waals surface area contributed by atoms with Crippen LogP contribution in [0.1, 0.15) is 25.3 Å². The fraction of sp³-hybridized carbons (Fsp3) is 0.500. The Morgan fingerprint density at radius 3 is 2.55 bits per heavy atom. The highest BCUT2D eigenvalue weighted by molar-refractivity contribution is 5.94. The van der Waals surface area contributed by atoms with Crippen LogP contribution < -0.4 is 11.1 Å². The average molecular weight is 322 g/mol. The molecular formula is C14H25Cl2N3O. The van der Waals surface area contributed by atoms with E-state index >= 15 is 0 Å². The molecule has 1 atom stereocenters. The van der Waals surface area contributed by atoms with Crippen LogP contribution in [0.5, 0.6) is 0 Å². The van der Waals surface area contributed by atoms with E-state index in [0.717, 1.165) is 18.7 Å². The summed E-state index contributed by atoms with van der Waals surface area (Å²) in [6.45, 7) is 2.87. The number of rotatable bonds is 6. The summed E-state index contributed by atoms with van der Waals surface area (Å²) >= 11 is 0. The minimum absolute atomic E-state index is 0. The molecule has 1 aromatic carbocycles. The molecule has 116 valence electrons. The number of benzene rings is 1. The Kier molecular flexibility index (Phi) is 11.7. The highest BCUT2D eigenvalue weighted by atomic mass is 35.5. The number of anilines is 1. The molecule has 1 unspecified atom stereocenters. The third-order valence-corrected chi connectivity index (χ3v) is 2.63. The van der Waals surface area contributed by atoms with Crippen LogP contribution >= 0.6 is 24.8 Å². The quantitative estimate of drug-likeness (QED) is 0.846. The first-order valence-electron chi connectivity index (χ1n) is 6.33. The van der Waals surface area contributed by atoms with Crippen LogP contribution in [0.25, 0.3) is 0 Å². The van der Waals surface area contributed by atoms with Gasteiger partial charge in [0.05, 0.1) is 6.04 Å². The van der Waals surface area contributed by atoms with Crippen molar-refractivity contribution in [2.75, 3.05) is 19.4 Å². The van der Waals surface area contributed by atoms with Crippen molar-refractivity contribution in [2.45, 2.75) is 32.4 Å². The van der Waals surface area contributed by atoms with Crippen LogP contribution in [-0.4, -0.2) is 30.9 Å². The van der Waals surface area contributed by atoms with Crippen molar-refractivity contribution in [3.8, 4) is 0 Å². The van der Waals surface area contributed by atoms with Crippen LogP contribution in [-0.2, 0) is 11.3 Å². The summed E-state index contributed by atoms with van der Waals surface area (Å²) in [5.74, 6) is -0.112. The molecule has 0 saturated heterocycles. The van der Waals surface area contributed by atoms with Gasteiger partial charge in [0.1, 0.15) is 0 Å². The standard InChI is InChI=1S/C14H23N3O.2ClH/c1-4-6-13(15)14(18)16-12-8-5-7-11(9-12)10-17(2)3;;/h5,7-9,13H,4,6,10,15H2,1-3H3,(H,16,18);2*1H. The van der Waals surface area contributed by atoms with E-state index in [1.807, 2.05) is 45.3 Å². The van der Waals surface area contributed by atoms with E-state index in [0.29, 0.717) is 6.42 Å². The zero-order valence-corrected chi connectivity index (χ0v) is 13.9. The molecular weight excluding hydrogens is 297 g/mol. The van der Waals surface area contributed by atoms with E-state index in [9.17, 15) is 4.79 Å². The lowest BCUT2D eigenvalue weighted by Gasteiger charge is -2.13. The largest absolute Gasteiger partial charge is 0.325 e. The topological polar surface area (TPSA) is 58.4 Å². The molecule has 0 spiro atoms. The highest BCUT2D eigenvalue weighted by Gasteiger charge is 2.12. The number of carbonyl (C=O) groups is 1. The van der Waals surface area contributed by atoms with Gasteiger partial charge in [-0.1, -0.05) is 25.5 Å². The van der Waals surface area contributed by atoms with Crippen molar-refractivity contribution in [1.82, 2.24) is 4.90 Å². The Morgan fingerprint density at radius 2 is 2.00 bits per heavy atom. The van der Waals surface area contributed by atoms with Crippen LogP contribution in [0.15, 0.2) is 24.3 Å². The maximum Gasteiger partial charge on any atom is 0.241 e. The smallest absolute Gasteiger partial charge is 0.241 e. The first-order valence-corrected chi connectivity index (χ1v) is 6.33. The zero-order valence-electron chi connectivity index (χ0n) is 12.3. The summed E-state index contributed by atoms with van der Waals surface area (Å²) in [7, 11) is 4.03. The minimum Gasteiger partial charge on any atom is -0.325 e. The van der Waals surface area contributed by atoms with Gasteiger partial charge in [-0.05, 0) is 38.2 Å². The highest BCUT2D eigenvalue weighted by Crippen LogP contribution is 2.12. The number of hydrogen-bond acceptors (Lipinski definition) is 3. The number of carbonyl (C=O) groups excluding carboxylic acids is 1. The van der Waals surface area contributed by atoms with Crippen molar-refractivity contribution in [1.29, 1.82) is 0 Å². The third-order valence-electron chi connectivity index (χ3n) is 2.63. The Morgan fingerprint density at radius 1 is 1.35 bits per heavy atom. The number of halogens is 2. The van der Waals surface area contributed by atoms with Crippen molar-refractivity contribution >= 4 is 36.4 Å². The first-order chi connectivity index (χ1) is 8.52. The van der Waals surface area contributed by atoms with Gasteiger partial charge in [-0.25, -0.2) is 0 Å². The molecule has 0 aromatic heterocycles. The Hall–Kier alpha value is -0.810. The van der Waals surface area contributed by atoms with Gasteiger partial charge in [0, 0.05) is 12.2 Å². The molecule has 0 heterocycles. The van der Waals surface area contributed by atoms with Gasteiger partial charge < -0.3 is 16.0 Å². The predicted octanol–water partition coefficient (Wildman–Crippen LogP) is 2.66. The monoisotopic (exact) mass is 321 g/mol. The van der Waals surface area contributed by atoms with Gasteiger partial charge in [-0.2, -0.15) is 0 Å². The summed E-state index contributed by atoms with van der Waals surface area (Å²) in [4.78, 5) is 13.9. The molecule has 4 nitrogen and oxygen atoms in total. The average Bonchev–Trinajstić information content (AvgIpc) is 2.28. The third kappa shape index (κ3) is 7.70. The molecule has 20 heavy (non-hydrogen) atoms. The molecule has 3 N–H and O–H groups in total. The van der Waals surface area contributed by atoms with Crippen LogP contribution in [0, 0.1) is 0 Å². The van der Waals surface area contributed by atoms with Crippen molar-refractivity contribution < 1.29 is 4.79 Å². The molecule has 0 radical (unpaired) electrons. The summed E-state index contributed by atoms with van der Waals surface area (Å²) < 4.78 is 0. The summed E-state index contributed by atoms with van der Waals surface area (Å²) in [5, 5.41) is 2.86. The lowest BCUT2D eigenvalue weighted by Crippen LogP contribution is -2.35. The van der Waals surface area contributed by atoms with E-state index in [1.54, 1.807) is 0 Å². The van der Waals surface area contributed by atoms with Crippen LogP contribution in [0.3, 0.4) is 0 Å². The van der Waals surface area contributed by atoms with E-state index < -0.39 is 6.04 Å². The van der Waals surface area contributed by atoms with Gasteiger partial charge >= 0.3 is 0 Å². The number of nitrogens with two attached hydrogens (primary N) is 1. The SMILES string of the molecule is CCCC(N)C(=O)Nc1cccc(CN(C)C)c1.Cl.Cl. The Labute approximate surface area is 133 Å². The lowest BCUT2D eigenvalue weighted by molar-refractivity contribution is -0.117. The molecule has 0 bridgehead atoms. The lowest BCUT2D eigenvalue weighted by atomic mass is 10.1. The number of nitrogens with zero attached hydrogens (tertiary/aromatic N) is 1. The maximum atomic E-state index is 11.8. The molecule has 0 aliphatic carbocycles. The minimum atomic E-state index is -0.424. The van der Waals surface area contributed by atoms with Crippen LogP contribution in [0.2, 0.25) is 0 Å². The summed E-state index contributed by atoms with van der Waals surface area (Å²) in [5.41, 5.74) is 7.75. The van der Waals surface area contributed by atoms with Crippen molar-refractivity contribution in [2.24, 2.45) is 5.73 Å². The van der Waals surface area contributed by atoms with E-state index in [-0.39, 0.29) is 30.7 Å². The molecule has 1 amide bonds. The second-order valence-corrected chi connectivity index (χ2v) is 4.82. The number of hydrogen-bond donors (Lipinski definition) is 2. The molecule has 0 fully saturated rings. The predicted molar refractivity (Wildman–Crippen MR) is 89.8 cm³/mol. The molecule has 0 aliphatic rings. The van der Waals surface area contributed by atoms with Crippen molar-refractivity contribution in [3.05, 3.63) is 29.8 Å². The molecule has 0 aliphatic heterocycles. The summed E-state index contributed by atoms with van der Waals surface area (Å²) in [6.07, 6.45) is 1.62. The van der Waals surface area contributed by atoms with E-state index in [1.165, 1.54) is 5.56 Å². The maximum absolute atomic E-state index is 11.8. The number of amides is 1. The zero-order chi connectivity index (χ0) is 13.5. The second-order valence-electron chi connectivity index (χ2n) is 4.82. The van der Waals surface area contributed by atoms with Gasteiger partial charge in [0.25, 0.3) is 0 Å². The van der Waals surface area contributed by atoms with Crippen molar-refractivity contribution in [3.63, 3.8) is 0 Å². The normalized spacial score (nSPS) is 11.2. The van der Waals surface area contributed by atoms with Gasteiger partial charge in [0.2, 0.25) is 5.91 Å². The van der Waals surface area contributed by atoms with Gasteiger partial charge in [-0.3, -0.25) is 4.79 Å². The van der Waals surface area contributed by atoms with E-state index in [4.69, 9.17) is 5.73 Å². The van der Waals surface area contributed by atoms with Gasteiger partial charge in [0.15, 0.2) is 0 Å². The second kappa shape index (κ2) is 10.9. The summed E-state index contributed by atoms with van der Waals surface area (Å²) in [6, 6.07) is 7.43. The molecule has 0 saturated carbocycles. The Bertz CT molecular complexity index is 400. The molecule has 6 heteroatoms. The first kappa shape index (κ1) is 21.5. The molecule has 1 aromatic rings. The van der Waals surface area contributed by atoms with Gasteiger partial charge in [-0.15, -0.1) is 24.8 Å². The van der Waals surface area contributed by atoms with E-state index in [2.05, 4.69) is 10.2 Å². The Balaban J connectivity index is 0. The fourth-order valence-electron chi connectivity index (χ4n) is 1.79.